The van der Waals surface area contributed by atoms with Crippen LogP contribution in [0.2, 0.25) is 0 Å². The third-order valence-electron chi connectivity index (χ3n) is 4.33. The van der Waals surface area contributed by atoms with Gasteiger partial charge in [0, 0.05) is 24.6 Å². The van der Waals surface area contributed by atoms with Crippen LogP contribution in [0.1, 0.15) is 37.0 Å². The summed E-state index contributed by atoms with van der Waals surface area (Å²) in [5.41, 5.74) is 0.195. The molecule has 1 aromatic rings. The van der Waals surface area contributed by atoms with Crippen LogP contribution in [-0.4, -0.2) is 51.2 Å². The van der Waals surface area contributed by atoms with Crippen LogP contribution in [0.15, 0.2) is 29.2 Å². The van der Waals surface area contributed by atoms with Gasteiger partial charge in [-0.05, 0) is 43.0 Å². The van der Waals surface area contributed by atoms with E-state index in [0.717, 1.165) is 6.42 Å². The van der Waals surface area contributed by atoms with Gasteiger partial charge in [-0.25, -0.2) is 17.9 Å². The molecular weight excluding hydrogens is 372 g/mol. The van der Waals surface area contributed by atoms with Crippen molar-refractivity contribution in [2.75, 3.05) is 19.8 Å². The zero-order valence-corrected chi connectivity index (χ0v) is 16.3. The fourth-order valence-corrected chi connectivity index (χ4v) is 3.99. The van der Waals surface area contributed by atoms with Gasteiger partial charge >= 0.3 is 5.97 Å². The molecule has 9 heteroatoms. The Labute approximate surface area is 159 Å². The van der Waals surface area contributed by atoms with E-state index in [1.165, 1.54) is 24.3 Å². The molecule has 1 saturated heterocycles. The number of benzene rings is 1. The van der Waals surface area contributed by atoms with E-state index in [-0.39, 0.29) is 28.9 Å². The molecule has 8 nitrogen and oxygen atoms in total. The van der Waals surface area contributed by atoms with E-state index in [0.29, 0.717) is 19.6 Å². The Kier molecular flexibility index (Phi) is 7.34. The van der Waals surface area contributed by atoms with Gasteiger partial charge in [0.05, 0.1) is 11.5 Å². The zero-order chi connectivity index (χ0) is 20.0. The third kappa shape index (κ3) is 6.02. The zero-order valence-electron chi connectivity index (χ0n) is 15.5. The number of amides is 1. The van der Waals surface area contributed by atoms with Crippen LogP contribution in [0.3, 0.4) is 0 Å². The SMILES string of the molecule is CC(C)CNS(=O)(=O)c1ccc(C(=O)NC(C(=O)O)C2CCCOC2)cc1. The minimum atomic E-state index is -3.64. The largest absolute Gasteiger partial charge is 0.480 e. The Balaban J connectivity index is 2.06. The molecular formula is C18H26N2O6S. The molecule has 1 aliphatic heterocycles. The first-order valence-electron chi connectivity index (χ1n) is 8.92. The van der Waals surface area contributed by atoms with Gasteiger partial charge in [-0.15, -0.1) is 0 Å². The van der Waals surface area contributed by atoms with Gasteiger partial charge in [0.15, 0.2) is 0 Å². The summed E-state index contributed by atoms with van der Waals surface area (Å²) in [4.78, 5) is 24.0. The predicted molar refractivity (Wildman–Crippen MR) is 98.9 cm³/mol. The molecule has 1 fully saturated rings. The molecule has 0 saturated carbocycles. The number of carbonyl (C=O) groups is 2. The number of ether oxygens (including phenoxy) is 1. The van der Waals surface area contributed by atoms with Crippen molar-refractivity contribution in [3.8, 4) is 0 Å². The van der Waals surface area contributed by atoms with Gasteiger partial charge in [0.25, 0.3) is 5.91 Å². The van der Waals surface area contributed by atoms with Crippen molar-refractivity contribution < 1.29 is 27.9 Å². The van der Waals surface area contributed by atoms with Gasteiger partial charge in [-0.2, -0.15) is 0 Å². The van der Waals surface area contributed by atoms with E-state index in [9.17, 15) is 23.1 Å². The summed E-state index contributed by atoms with van der Waals surface area (Å²) >= 11 is 0. The Morgan fingerprint density at radius 1 is 1.26 bits per heavy atom. The molecule has 2 rings (SSSR count). The molecule has 1 amide bonds. The van der Waals surface area contributed by atoms with Crippen LogP contribution in [0.25, 0.3) is 0 Å². The normalized spacial score (nSPS) is 18.9. The van der Waals surface area contributed by atoms with Crippen LogP contribution in [-0.2, 0) is 19.6 Å². The maximum Gasteiger partial charge on any atom is 0.326 e. The standard InChI is InChI=1S/C18H26N2O6S/c1-12(2)10-19-27(24,25)15-7-5-13(6-8-15)17(21)20-16(18(22)23)14-4-3-9-26-11-14/h5-8,12,14,16,19H,3-4,9-11H2,1-2H3,(H,20,21)(H,22,23). The second-order valence-corrected chi connectivity index (χ2v) is 8.80. The van der Waals surface area contributed by atoms with Crippen LogP contribution in [0, 0.1) is 11.8 Å². The second-order valence-electron chi connectivity index (χ2n) is 7.04. The summed E-state index contributed by atoms with van der Waals surface area (Å²) < 4.78 is 32.2. The van der Waals surface area contributed by atoms with Gasteiger partial charge in [-0.1, -0.05) is 13.8 Å². The van der Waals surface area contributed by atoms with Crippen molar-refractivity contribution in [2.24, 2.45) is 11.8 Å². The van der Waals surface area contributed by atoms with Crippen molar-refractivity contribution in [1.82, 2.24) is 10.0 Å². The minimum absolute atomic E-state index is 0.0511. The fraction of sp³-hybridized carbons (Fsp3) is 0.556. The molecule has 1 heterocycles. The molecule has 0 spiro atoms. The van der Waals surface area contributed by atoms with E-state index in [4.69, 9.17) is 4.74 Å². The lowest BCUT2D eigenvalue weighted by Gasteiger charge is -2.28. The maximum absolute atomic E-state index is 12.4. The van der Waals surface area contributed by atoms with Crippen molar-refractivity contribution in [3.05, 3.63) is 29.8 Å². The van der Waals surface area contributed by atoms with Crippen LogP contribution >= 0.6 is 0 Å². The lowest BCUT2D eigenvalue weighted by atomic mass is 9.93. The Bertz CT molecular complexity index is 755. The first-order valence-corrected chi connectivity index (χ1v) is 10.4. The smallest absolute Gasteiger partial charge is 0.326 e. The topological polar surface area (TPSA) is 122 Å². The highest BCUT2D eigenvalue weighted by molar-refractivity contribution is 7.89. The van der Waals surface area contributed by atoms with Gasteiger partial charge in [-0.3, -0.25) is 4.79 Å². The van der Waals surface area contributed by atoms with E-state index < -0.39 is 27.9 Å². The lowest BCUT2D eigenvalue weighted by Crippen LogP contribution is -2.48. The van der Waals surface area contributed by atoms with Crippen LogP contribution in [0.5, 0.6) is 0 Å². The molecule has 2 atom stereocenters. The molecule has 1 aromatic carbocycles. The van der Waals surface area contributed by atoms with Crippen molar-refractivity contribution in [3.63, 3.8) is 0 Å². The van der Waals surface area contributed by atoms with E-state index in [1.54, 1.807) is 0 Å². The molecule has 0 bridgehead atoms. The average molecular weight is 398 g/mol. The van der Waals surface area contributed by atoms with E-state index in [1.807, 2.05) is 13.8 Å². The van der Waals surface area contributed by atoms with Crippen molar-refractivity contribution in [2.45, 2.75) is 37.6 Å². The summed E-state index contributed by atoms with van der Waals surface area (Å²) in [6, 6.07) is 4.35. The highest BCUT2D eigenvalue weighted by atomic mass is 32.2. The fourth-order valence-electron chi connectivity index (χ4n) is 2.78. The summed E-state index contributed by atoms with van der Waals surface area (Å²) in [6.07, 6.45) is 1.41. The number of sulfonamides is 1. The molecule has 0 radical (unpaired) electrons. The summed E-state index contributed by atoms with van der Waals surface area (Å²) in [7, 11) is -3.64. The number of hydrogen-bond donors (Lipinski definition) is 3. The first kappa shape index (κ1) is 21.3. The molecule has 3 N–H and O–H groups in total. The van der Waals surface area contributed by atoms with Crippen molar-refractivity contribution >= 4 is 21.9 Å². The minimum Gasteiger partial charge on any atom is -0.480 e. The summed E-state index contributed by atoms with van der Waals surface area (Å²) in [5, 5.41) is 11.9. The molecule has 2 unspecified atom stereocenters. The van der Waals surface area contributed by atoms with Gasteiger partial charge < -0.3 is 15.2 Å². The number of carbonyl (C=O) groups excluding carboxylic acids is 1. The third-order valence-corrected chi connectivity index (χ3v) is 5.77. The number of carboxylic acid groups (broad SMARTS) is 1. The highest BCUT2D eigenvalue weighted by Gasteiger charge is 2.31. The van der Waals surface area contributed by atoms with E-state index >= 15 is 0 Å². The number of hydrogen-bond acceptors (Lipinski definition) is 5. The summed E-state index contributed by atoms with van der Waals surface area (Å²) in [6.45, 7) is 4.99. The quantitative estimate of drug-likeness (QED) is 0.605. The highest BCUT2D eigenvalue weighted by Crippen LogP contribution is 2.19. The van der Waals surface area contributed by atoms with Gasteiger partial charge in [0.1, 0.15) is 6.04 Å². The Morgan fingerprint density at radius 3 is 2.44 bits per heavy atom. The molecule has 150 valence electrons. The molecule has 0 aromatic heterocycles. The monoisotopic (exact) mass is 398 g/mol. The Hall–Kier alpha value is -1.97. The average Bonchev–Trinajstić information content (AvgIpc) is 2.65. The Morgan fingerprint density at radius 2 is 1.93 bits per heavy atom. The predicted octanol–water partition coefficient (Wildman–Crippen LogP) is 1.23. The van der Waals surface area contributed by atoms with Crippen LogP contribution < -0.4 is 10.0 Å². The summed E-state index contributed by atoms with van der Waals surface area (Å²) in [5.74, 6) is -1.80. The molecule has 0 aliphatic carbocycles. The van der Waals surface area contributed by atoms with Gasteiger partial charge in [0.2, 0.25) is 10.0 Å². The molecule has 1 aliphatic rings. The second kappa shape index (κ2) is 9.29. The number of carboxylic acids is 1. The number of nitrogens with one attached hydrogen (secondary N) is 2. The van der Waals surface area contributed by atoms with Crippen LogP contribution in [0.4, 0.5) is 0 Å². The molecule has 27 heavy (non-hydrogen) atoms. The number of aliphatic carboxylic acids is 1. The maximum atomic E-state index is 12.4. The van der Waals surface area contributed by atoms with E-state index in [2.05, 4.69) is 10.0 Å². The first-order chi connectivity index (χ1) is 12.7. The number of rotatable bonds is 8. The lowest BCUT2D eigenvalue weighted by molar-refractivity contribution is -0.142. The van der Waals surface area contributed by atoms with Crippen molar-refractivity contribution in [1.29, 1.82) is 0 Å².